The van der Waals surface area contributed by atoms with E-state index in [2.05, 4.69) is 57.4 Å². The van der Waals surface area contributed by atoms with E-state index in [-0.39, 0.29) is 0 Å². The lowest BCUT2D eigenvalue weighted by Crippen LogP contribution is -2.39. The second-order valence-corrected chi connectivity index (χ2v) is 6.84. The number of hydrogen-bond donors (Lipinski definition) is 1. The summed E-state index contributed by atoms with van der Waals surface area (Å²) in [7, 11) is 0. The first-order valence-electron chi connectivity index (χ1n) is 8.71. The van der Waals surface area contributed by atoms with Crippen LogP contribution >= 0.6 is 0 Å². The third-order valence-electron chi connectivity index (χ3n) is 5.16. The Kier molecular flexibility index (Phi) is 3.90. The van der Waals surface area contributed by atoms with Crippen molar-refractivity contribution in [3.63, 3.8) is 0 Å². The maximum absolute atomic E-state index is 4.54. The van der Waals surface area contributed by atoms with Crippen LogP contribution in [0.25, 0.3) is 0 Å². The van der Waals surface area contributed by atoms with Gasteiger partial charge in [-0.15, -0.1) is 0 Å². The highest BCUT2D eigenvalue weighted by Gasteiger charge is 2.24. The summed E-state index contributed by atoms with van der Waals surface area (Å²) in [6, 6.07) is 11.9. The van der Waals surface area contributed by atoms with Gasteiger partial charge in [0.1, 0.15) is 18.0 Å². The number of benzene rings is 1. The molecule has 23 heavy (non-hydrogen) atoms. The average Bonchev–Trinajstić information content (AvgIpc) is 3.07. The van der Waals surface area contributed by atoms with E-state index in [0.717, 1.165) is 24.6 Å². The summed E-state index contributed by atoms with van der Waals surface area (Å²) in [6.45, 7) is 3.21. The standard InChI is InChI=1S/C19H24N4/c1-14-10-15-6-2-3-7-16(15)12-23(14)19-11-18(20-13-21-19)22-17-8-4-5-9-17/h2-3,6-7,11,13-14,17H,4-5,8-10,12H2,1H3,(H,20,21,22)/t14-/m1/s1. The number of hydrogen-bond acceptors (Lipinski definition) is 4. The maximum Gasteiger partial charge on any atom is 0.134 e. The van der Waals surface area contributed by atoms with Gasteiger partial charge in [-0.1, -0.05) is 37.1 Å². The fourth-order valence-corrected chi connectivity index (χ4v) is 3.85. The molecule has 1 atom stereocenters. The molecule has 0 unspecified atom stereocenters. The minimum atomic E-state index is 0.458. The molecule has 2 aliphatic rings. The van der Waals surface area contributed by atoms with Crippen molar-refractivity contribution in [2.75, 3.05) is 10.2 Å². The lowest BCUT2D eigenvalue weighted by Gasteiger charge is -2.36. The van der Waals surface area contributed by atoms with E-state index in [1.807, 2.05) is 0 Å². The topological polar surface area (TPSA) is 41.0 Å². The largest absolute Gasteiger partial charge is 0.367 e. The van der Waals surface area contributed by atoms with Gasteiger partial charge < -0.3 is 10.2 Å². The zero-order valence-electron chi connectivity index (χ0n) is 13.7. The Morgan fingerprint density at radius 2 is 1.87 bits per heavy atom. The number of nitrogens with one attached hydrogen (secondary N) is 1. The Balaban J connectivity index is 1.55. The normalized spacial score (nSPS) is 21.3. The monoisotopic (exact) mass is 308 g/mol. The van der Waals surface area contributed by atoms with Gasteiger partial charge in [-0.05, 0) is 37.3 Å². The van der Waals surface area contributed by atoms with Crippen LogP contribution in [0.1, 0.15) is 43.7 Å². The molecular formula is C19H24N4. The fourth-order valence-electron chi connectivity index (χ4n) is 3.85. The first kappa shape index (κ1) is 14.5. The van der Waals surface area contributed by atoms with Crippen molar-refractivity contribution >= 4 is 11.6 Å². The first-order valence-corrected chi connectivity index (χ1v) is 8.71. The molecule has 2 heterocycles. The summed E-state index contributed by atoms with van der Waals surface area (Å²) in [4.78, 5) is 11.3. The van der Waals surface area contributed by atoms with Crippen LogP contribution in [0, 0.1) is 0 Å². The summed E-state index contributed by atoms with van der Waals surface area (Å²) >= 11 is 0. The van der Waals surface area contributed by atoms with Crippen molar-refractivity contribution in [3.05, 3.63) is 47.8 Å². The molecule has 1 aliphatic heterocycles. The Morgan fingerprint density at radius 3 is 2.70 bits per heavy atom. The zero-order valence-corrected chi connectivity index (χ0v) is 13.7. The predicted molar refractivity (Wildman–Crippen MR) is 93.7 cm³/mol. The highest BCUT2D eigenvalue weighted by atomic mass is 15.2. The van der Waals surface area contributed by atoms with E-state index < -0.39 is 0 Å². The second-order valence-electron chi connectivity index (χ2n) is 6.84. The van der Waals surface area contributed by atoms with Crippen LogP contribution in [0.4, 0.5) is 11.6 Å². The van der Waals surface area contributed by atoms with Gasteiger partial charge in [0.25, 0.3) is 0 Å². The van der Waals surface area contributed by atoms with Crippen LogP contribution in [0.3, 0.4) is 0 Å². The van der Waals surface area contributed by atoms with E-state index >= 15 is 0 Å². The van der Waals surface area contributed by atoms with Gasteiger partial charge in [-0.2, -0.15) is 0 Å². The van der Waals surface area contributed by atoms with Crippen molar-refractivity contribution in [1.82, 2.24) is 9.97 Å². The molecule has 0 bridgehead atoms. The van der Waals surface area contributed by atoms with E-state index in [9.17, 15) is 0 Å². The Morgan fingerprint density at radius 1 is 1.09 bits per heavy atom. The minimum Gasteiger partial charge on any atom is -0.367 e. The van der Waals surface area contributed by atoms with E-state index in [1.165, 1.54) is 36.8 Å². The van der Waals surface area contributed by atoms with E-state index in [1.54, 1.807) is 6.33 Å². The Hall–Kier alpha value is -2.10. The van der Waals surface area contributed by atoms with Gasteiger partial charge in [0.2, 0.25) is 0 Å². The van der Waals surface area contributed by atoms with Crippen LogP contribution in [0.15, 0.2) is 36.7 Å². The summed E-state index contributed by atoms with van der Waals surface area (Å²) in [6.07, 6.45) is 7.94. The highest BCUT2D eigenvalue weighted by molar-refractivity contribution is 5.52. The quantitative estimate of drug-likeness (QED) is 0.937. The van der Waals surface area contributed by atoms with Crippen molar-refractivity contribution < 1.29 is 0 Å². The molecule has 1 saturated carbocycles. The number of aromatic nitrogens is 2. The van der Waals surface area contributed by atoms with Gasteiger partial charge in [-0.25, -0.2) is 9.97 Å². The van der Waals surface area contributed by atoms with Gasteiger partial charge in [0.05, 0.1) is 0 Å². The molecule has 1 aromatic heterocycles. The first-order chi connectivity index (χ1) is 11.3. The molecule has 0 saturated heterocycles. The van der Waals surface area contributed by atoms with Gasteiger partial charge in [-0.3, -0.25) is 0 Å². The van der Waals surface area contributed by atoms with Crippen molar-refractivity contribution in [1.29, 1.82) is 0 Å². The Bertz CT molecular complexity index is 679. The van der Waals surface area contributed by atoms with E-state index in [4.69, 9.17) is 0 Å². The van der Waals surface area contributed by atoms with E-state index in [0.29, 0.717) is 12.1 Å². The van der Waals surface area contributed by atoms with Gasteiger partial charge >= 0.3 is 0 Å². The lowest BCUT2D eigenvalue weighted by molar-refractivity contribution is 0.586. The SMILES string of the molecule is C[C@@H]1Cc2ccccc2CN1c1cc(NC2CCCC2)ncn1. The maximum atomic E-state index is 4.54. The molecule has 120 valence electrons. The number of rotatable bonds is 3. The molecule has 1 fully saturated rings. The number of fused-ring (bicyclic) bond motifs is 1. The number of nitrogens with zero attached hydrogens (tertiary/aromatic N) is 3. The molecule has 1 aromatic carbocycles. The van der Waals surface area contributed by atoms with Crippen molar-refractivity contribution in [3.8, 4) is 0 Å². The van der Waals surface area contributed by atoms with Crippen LogP contribution in [0.2, 0.25) is 0 Å². The molecule has 1 aliphatic carbocycles. The molecule has 4 nitrogen and oxygen atoms in total. The molecule has 4 heteroatoms. The van der Waals surface area contributed by atoms with Crippen LogP contribution < -0.4 is 10.2 Å². The van der Waals surface area contributed by atoms with Crippen molar-refractivity contribution in [2.24, 2.45) is 0 Å². The highest BCUT2D eigenvalue weighted by Crippen LogP contribution is 2.28. The predicted octanol–water partition coefficient (Wildman–Crippen LogP) is 3.78. The average molecular weight is 308 g/mol. The second kappa shape index (κ2) is 6.19. The third-order valence-corrected chi connectivity index (χ3v) is 5.16. The minimum absolute atomic E-state index is 0.458. The Labute approximate surface area is 138 Å². The smallest absolute Gasteiger partial charge is 0.134 e. The fraction of sp³-hybridized carbons (Fsp3) is 0.474. The van der Waals surface area contributed by atoms with Crippen molar-refractivity contribution in [2.45, 2.75) is 57.7 Å². The molecule has 1 N–H and O–H groups in total. The van der Waals surface area contributed by atoms with Crippen LogP contribution in [-0.4, -0.2) is 22.1 Å². The molecule has 0 amide bonds. The van der Waals surface area contributed by atoms with Crippen LogP contribution in [-0.2, 0) is 13.0 Å². The summed E-state index contributed by atoms with van der Waals surface area (Å²) in [5.41, 5.74) is 2.88. The zero-order chi connectivity index (χ0) is 15.6. The molecule has 0 radical (unpaired) electrons. The van der Waals surface area contributed by atoms with Gasteiger partial charge in [0.15, 0.2) is 0 Å². The summed E-state index contributed by atoms with van der Waals surface area (Å²) < 4.78 is 0. The summed E-state index contributed by atoms with van der Waals surface area (Å²) in [5, 5.41) is 3.58. The third kappa shape index (κ3) is 3.03. The molecule has 0 spiro atoms. The molecule has 2 aromatic rings. The van der Waals surface area contributed by atoms with Gasteiger partial charge in [0, 0.05) is 24.7 Å². The van der Waals surface area contributed by atoms with Crippen LogP contribution in [0.5, 0.6) is 0 Å². The summed E-state index contributed by atoms with van der Waals surface area (Å²) in [5.74, 6) is 2.00. The lowest BCUT2D eigenvalue weighted by atomic mass is 9.95. The molecular weight excluding hydrogens is 284 g/mol. The number of anilines is 2. The molecule has 4 rings (SSSR count).